The Labute approximate surface area is 133 Å². The molecule has 0 saturated carbocycles. The Morgan fingerprint density at radius 1 is 1.33 bits per heavy atom. The van der Waals surface area contributed by atoms with Gasteiger partial charge < -0.3 is 5.11 Å². The molecule has 0 spiro atoms. The summed E-state index contributed by atoms with van der Waals surface area (Å²) in [5, 5.41) is 9.06. The summed E-state index contributed by atoms with van der Waals surface area (Å²) in [4.78, 5) is 11.0. The Bertz CT molecular complexity index is 641. The average Bonchev–Trinajstić information content (AvgIpc) is 2.29. The molecule has 2 N–H and O–H groups in total. The summed E-state index contributed by atoms with van der Waals surface area (Å²) < 4.78 is 27.8. The number of sulfonamides is 1. The maximum absolute atomic E-state index is 12.4. The molecule has 1 atom stereocenters. The fraction of sp³-hybridized carbons (Fsp3) is 0.500. The standard InChI is InChI=1S/C14H20BrNO4S/c1-8(2)5-10(4)16-21(19,20)12-7-11(14(17)18)6-9(3)13(12)15/h6-8,10,16H,5H2,1-4H3,(H,17,18). The van der Waals surface area contributed by atoms with Crippen molar-refractivity contribution in [2.45, 2.75) is 45.1 Å². The van der Waals surface area contributed by atoms with Gasteiger partial charge in [-0.1, -0.05) is 13.8 Å². The SMILES string of the molecule is Cc1cc(C(=O)O)cc(S(=O)(=O)NC(C)CC(C)C)c1Br. The fourth-order valence-corrected chi connectivity index (χ4v) is 4.44. The highest BCUT2D eigenvalue weighted by molar-refractivity contribution is 9.10. The Hall–Kier alpha value is -0.920. The summed E-state index contributed by atoms with van der Waals surface area (Å²) in [6.45, 7) is 7.47. The smallest absolute Gasteiger partial charge is 0.335 e. The number of aryl methyl sites for hydroxylation is 1. The van der Waals surface area contributed by atoms with Gasteiger partial charge in [0.1, 0.15) is 0 Å². The molecule has 1 unspecified atom stereocenters. The quantitative estimate of drug-likeness (QED) is 0.797. The summed E-state index contributed by atoms with van der Waals surface area (Å²) in [5.41, 5.74) is 0.513. The number of hydrogen-bond acceptors (Lipinski definition) is 3. The minimum absolute atomic E-state index is 0.0458. The van der Waals surface area contributed by atoms with Gasteiger partial charge in [-0.3, -0.25) is 0 Å². The van der Waals surface area contributed by atoms with E-state index in [0.717, 1.165) is 0 Å². The van der Waals surface area contributed by atoms with E-state index in [1.54, 1.807) is 13.8 Å². The number of rotatable bonds is 6. The Kier molecular flexibility index (Phi) is 5.95. The zero-order valence-corrected chi connectivity index (χ0v) is 14.9. The second-order valence-corrected chi connectivity index (χ2v) is 8.04. The van der Waals surface area contributed by atoms with Crippen LogP contribution in [0, 0.1) is 12.8 Å². The van der Waals surface area contributed by atoms with E-state index < -0.39 is 16.0 Å². The monoisotopic (exact) mass is 377 g/mol. The molecule has 1 rings (SSSR count). The molecular weight excluding hydrogens is 358 g/mol. The van der Waals surface area contributed by atoms with Gasteiger partial charge in [0.05, 0.1) is 10.5 Å². The lowest BCUT2D eigenvalue weighted by Gasteiger charge is -2.17. The van der Waals surface area contributed by atoms with Gasteiger partial charge in [0, 0.05) is 10.5 Å². The summed E-state index contributed by atoms with van der Waals surface area (Å²) in [7, 11) is -3.77. The van der Waals surface area contributed by atoms with Crippen molar-refractivity contribution in [1.82, 2.24) is 4.72 Å². The molecule has 5 nitrogen and oxygen atoms in total. The van der Waals surface area contributed by atoms with Crippen LogP contribution >= 0.6 is 15.9 Å². The predicted octanol–water partition coefficient (Wildman–Crippen LogP) is 3.17. The summed E-state index contributed by atoms with van der Waals surface area (Å²) in [6, 6.07) is 2.38. The number of carboxylic acids is 1. The molecule has 0 bridgehead atoms. The summed E-state index contributed by atoms with van der Waals surface area (Å²) >= 11 is 3.23. The number of benzene rings is 1. The van der Waals surface area contributed by atoms with Gasteiger partial charge in [0.2, 0.25) is 10.0 Å². The maximum atomic E-state index is 12.4. The number of hydrogen-bond donors (Lipinski definition) is 2. The topological polar surface area (TPSA) is 83.5 Å². The van der Waals surface area contributed by atoms with E-state index in [0.29, 0.717) is 22.4 Å². The minimum atomic E-state index is -3.77. The number of carbonyl (C=O) groups is 1. The molecule has 0 heterocycles. The lowest BCUT2D eigenvalue weighted by Crippen LogP contribution is -2.34. The number of nitrogens with one attached hydrogen (secondary N) is 1. The maximum Gasteiger partial charge on any atom is 0.335 e. The number of carboxylic acid groups (broad SMARTS) is 1. The highest BCUT2D eigenvalue weighted by Gasteiger charge is 2.23. The van der Waals surface area contributed by atoms with Crippen LogP contribution in [0.4, 0.5) is 0 Å². The highest BCUT2D eigenvalue weighted by atomic mass is 79.9. The molecule has 118 valence electrons. The first-order chi connectivity index (χ1) is 9.54. The van der Waals surface area contributed by atoms with Crippen LogP contribution in [0.5, 0.6) is 0 Å². The van der Waals surface area contributed by atoms with Crippen LogP contribution < -0.4 is 4.72 Å². The third kappa shape index (κ3) is 4.79. The lowest BCUT2D eigenvalue weighted by molar-refractivity contribution is 0.0696. The first-order valence-corrected chi connectivity index (χ1v) is 8.88. The largest absolute Gasteiger partial charge is 0.478 e. The Morgan fingerprint density at radius 2 is 1.90 bits per heavy atom. The molecule has 0 aliphatic carbocycles. The third-order valence-corrected chi connectivity index (χ3v) is 5.87. The van der Waals surface area contributed by atoms with Crippen LogP contribution in [0.25, 0.3) is 0 Å². The van der Waals surface area contributed by atoms with E-state index in [4.69, 9.17) is 5.11 Å². The van der Waals surface area contributed by atoms with Gasteiger partial charge in [-0.15, -0.1) is 0 Å². The van der Waals surface area contributed by atoms with Crippen LogP contribution in [0.1, 0.15) is 43.1 Å². The van der Waals surface area contributed by atoms with Crippen molar-refractivity contribution in [3.05, 3.63) is 27.7 Å². The number of aromatic carboxylic acids is 1. The second-order valence-electron chi connectivity index (χ2n) is 5.56. The molecule has 21 heavy (non-hydrogen) atoms. The molecule has 0 aliphatic heterocycles. The second kappa shape index (κ2) is 6.89. The van der Waals surface area contributed by atoms with E-state index in [1.165, 1.54) is 12.1 Å². The molecule has 1 aromatic rings. The van der Waals surface area contributed by atoms with Crippen LogP contribution in [-0.4, -0.2) is 25.5 Å². The van der Waals surface area contributed by atoms with Gasteiger partial charge in [-0.25, -0.2) is 17.9 Å². The van der Waals surface area contributed by atoms with E-state index in [-0.39, 0.29) is 16.5 Å². The molecule has 1 aromatic carbocycles. The first kappa shape index (κ1) is 18.1. The summed E-state index contributed by atoms with van der Waals surface area (Å²) in [6.07, 6.45) is 0.703. The normalized spacial score (nSPS) is 13.4. The van der Waals surface area contributed by atoms with Crippen molar-refractivity contribution in [2.24, 2.45) is 5.92 Å². The molecular formula is C14H20BrNO4S. The van der Waals surface area contributed by atoms with Crippen molar-refractivity contribution in [3.8, 4) is 0 Å². The third-order valence-electron chi connectivity index (χ3n) is 2.94. The van der Waals surface area contributed by atoms with Crippen molar-refractivity contribution in [2.75, 3.05) is 0 Å². The predicted molar refractivity (Wildman–Crippen MR) is 85.1 cm³/mol. The van der Waals surface area contributed by atoms with E-state index in [2.05, 4.69) is 20.7 Å². The average molecular weight is 378 g/mol. The van der Waals surface area contributed by atoms with Crippen LogP contribution in [0.2, 0.25) is 0 Å². The molecule has 0 amide bonds. The van der Waals surface area contributed by atoms with Crippen LogP contribution in [0.3, 0.4) is 0 Å². The zero-order chi connectivity index (χ0) is 16.4. The Morgan fingerprint density at radius 3 is 2.38 bits per heavy atom. The van der Waals surface area contributed by atoms with Crippen molar-refractivity contribution >= 4 is 31.9 Å². The molecule has 0 saturated heterocycles. The van der Waals surface area contributed by atoms with Gasteiger partial charge in [0.25, 0.3) is 0 Å². The van der Waals surface area contributed by atoms with Gasteiger partial charge in [-0.2, -0.15) is 0 Å². The van der Waals surface area contributed by atoms with E-state index >= 15 is 0 Å². The first-order valence-electron chi connectivity index (χ1n) is 6.60. The van der Waals surface area contributed by atoms with Crippen molar-refractivity contribution < 1.29 is 18.3 Å². The molecule has 0 radical (unpaired) electrons. The highest BCUT2D eigenvalue weighted by Crippen LogP contribution is 2.27. The van der Waals surface area contributed by atoms with E-state index in [1.807, 2.05) is 13.8 Å². The Balaban J connectivity index is 3.22. The minimum Gasteiger partial charge on any atom is -0.478 e. The molecule has 0 fully saturated rings. The van der Waals surface area contributed by atoms with Gasteiger partial charge in [-0.05, 0) is 59.8 Å². The molecule has 0 aromatic heterocycles. The molecule has 7 heteroatoms. The lowest BCUT2D eigenvalue weighted by atomic mass is 10.1. The fourth-order valence-electron chi connectivity index (χ4n) is 2.14. The van der Waals surface area contributed by atoms with Crippen molar-refractivity contribution in [1.29, 1.82) is 0 Å². The van der Waals surface area contributed by atoms with Crippen molar-refractivity contribution in [3.63, 3.8) is 0 Å². The number of halogens is 1. The summed E-state index contributed by atoms with van der Waals surface area (Å²) in [5.74, 6) is -0.796. The van der Waals surface area contributed by atoms with Crippen LogP contribution in [0.15, 0.2) is 21.5 Å². The van der Waals surface area contributed by atoms with Gasteiger partial charge >= 0.3 is 5.97 Å². The molecule has 0 aliphatic rings. The van der Waals surface area contributed by atoms with Gasteiger partial charge in [0.15, 0.2) is 0 Å². The zero-order valence-electron chi connectivity index (χ0n) is 12.5. The van der Waals surface area contributed by atoms with Crippen LogP contribution in [-0.2, 0) is 10.0 Å². The van der Waals surface area contributed by atoms with E-state index in [9.17, 15) is 13.2 Å².